The van der Waals surface area contributed by atoms with E-state index in [-0.39, 0.29) is 12.7 Å². The second kappa shape index (κ2) is 5.69. The number of aryl methyl sites for hydroxylation is 1. The lowest BCUT2D eigenvalue weighted by Gasteiger charge is -2.12. The fraction of sp³-hybridized carbons (Fsp3) is 0.118. The molecule has 1 aromatic carbocycles. The van der Waals surface area contributed by atoms with Crippen molar-refractivity contribution in [2.45, 2.75) is 6.92 Å². The SMILES string of the molecule is Cc1nccn1-c1ncccc1NC(=O)c1ccc2c(c1)OCO2. The lowest BCUT2D eigenvalue weighted by Crippen LogP contribution is -2.14. The third-order valence-electron chi connectivity index (χ3n) is 3.72. The first-order chi connectivity index (χ1) is 11.7. The summed E-state index contributed by atoms with van der Waals surface area (Å²) in [5.74, 6) is 2.36. The Labute approximate surface area is 137 Å². The standard InChI is InChI=1S/C17H14N4O3/c1-11-18-7-8-21(11)16-13(3-2-6-19-16)20-17(22)12-4-5-14-15(9-12)24-10-23-14/h2-9H,10H2,1H3,(H,20,22). The summed E-state index contributed by atoms with van der Waals surface area (Å²) < 4.78 is 12.4. The molecule has 3 heterocycles. The highest BCUT2D eigenvalue weighted by molar-refractivity contribution is 6.05. The molecule has 0 unspecified atom stereocenters. The van der Waals surface area contributed by atoms with E-state index in [2.05, 4.69) is 15.3 Å². The van der Waals surface area contributed by atoms with Gasteiger partial charge in [0.15, 0.2) is 17.3 Å². The normalized spacial score (nSPS) is 12.2. The van der Waals surface area contributed by atoms with E-state index in [1.54, 1.807) is 48.9 Å². The summed E-state index contributed by atoms with van der Waals surface area (Å²) in [6, 6.07) is 8.65. The number of carbonyl (C=O) groups excluding carboxylic acids is 1. The Balaban J connectivity index is 1.64. The summed E-state index contributed by atoms with van der Waals surface area (Å²) in [4.78, 5) is 21.1. The highest BCUT2D eigenvalue weighted by Crippen LogP contribution is 2.32. The van der Waals surface area contributed by atoms with Crippen LogP contribution in [0.2, 0.25) is 0 Å². The largest absolute Gasteiger partial charge is 0.454 e. The van der Waals surface area contributed by atoms with Crippen molar-refractivity contribution in [3.8, 4) is 17.3 Å². The van der Waals surface area contributed by atoms with Crippen molar-refractivity contribution in [2.24, 2.45) is 0 Å². The molecule has 1 aliphatic rings. The van der Waals surface area contributed by atoms with E-state index in [0.29, 0.717) is 28.6 Å². The lowest BCUT2D eigenvalue weighted by molar-refractivity contribution is 0.102. The molecular weight excluding hydrogens is 308 g/mol. The number of nitrogens with one attached hydrogen (secondary N) is 1. The van der Waals surface area contributed by atoms with E-state index >= 15 is 0 Å². The topological polar surface area (TPSA) is 78.3 Å². The number of pyridine rings is 1. The summed E-state index contributed by atoms with van der Waals surface area (Å²) in [5, 5.41) is 2.89. The van der Waals surface area contributed by atoms with E-state index in [1.165, 1.54) is 0 Å². The van der Waals surface area contributed by atoms with Crippen LogP contribution in [0.25, 0.3) is 5.82 Å². The minimum absolute atomic E-state index is 0.174. The van der Waals surface area contributed by atoms with Gasteiger partial charge in [0.05, 0.1) is 5.69 Å². The monoisotopic (exact) mass is 322 g/mol. The molecule has 0 saturated heterocycles. The van der Waals surface area contributed by atoms with Crippen LogP contribution in [0.15, 0.2) is 48.9 Å². The second-order valence-corrected chi connectivity index (χ2v) is 5.24. The fourth-order valence-corrected chi connectivity index (χ4v) is 2.52. The number of anilines is 1. The molecule has 0 atom stereocenters. The van der Waals surface area contributed by atoms with Gasteiger partial charge in [-0.15, -0.1) is 0 Å². The van der Waals surface area contributed by atoms with Gasteiger partial charge in [0.2, 0.25) is 6.79 Å². The van der Waals surface area contributed by atoms with Crippen LogP contribution in [0.5, 0.6) is 11.5 Å². The second-order valence-electron chi connectivity index (χ2n) is 5.24. The zero-order valence-corrected chi connectivity index (χ0v) is 12.9. The van der Waals surface area contributed by atoms with Gasteiger partial charge in [0.25, 0.3) is 5.91 Å². The van der Waals surface area contributed by atoms with Crippen LogP contribution in [0.4, 0.5) is 5.69 Å². The summed E-state index contributed by atoms with van der Waals surface area (Å²) in [7, 11) is 0. The van der Waals surface area contributed by atoms with Gasteiger partial charge in [-0.05, 0) is 37.3 Å². The zero-order chi connectivity index (χ0) is 16.5. The Morgan fingerprint density at radius 1 is 1.17 bits per heavy atom. The van der Waals surface area contributed by atoms with E-state index in [0.717, 1.165) is 5.82 Å². The average molecular weight is 322 g/mol. The summed E-state index contributed by atoms with van der Waals surface area (Å²) in [5.41, 5.74) is 1.08. The van der Waals surface area contributed by atoms with Gasteiger partial charge in [-0.1, -0.05) is 0 Å². The van der Waals surface area contributed by atoms with Crippen molar-refractivity contribution in [3.05, 3.63) is 60.3 Å². The van der Waals surface area contributed by atoms with Crippen molar-refractivity contribution in [1.29, 1.82) is 0 Å². The number of amides is 1. The third kappa shape index (κ3) is 2.45. The quantitative estimate of drug-likeness (QED) is 0.802. The van der Waals surface area contributed by atoms with Gasteiger partial charge >= 0.3 is 0 Å². The Bertz CT molecular complexity index is 920. The molecule has 0 fully saturated rings. The van der Waals surface area contributed by atoms with Gasteiger partial charge in [-0.25, -0.2) is 9.97 Å². The van der Waals surface area contributed by atoms with Crippen molar-refractivity contribution < 1.29 is 14.3 Å². The number of hydrogen-bond donors (Lipinski definition) is 1. The van der Waals surface area contributed by atoms with Crippen LogP contribution in [-0.4, -0.2) is 27.2 Å². The molecule has 7 heteroatoms. The fourth-order valence-electron chi connectivity index (χ4n) is 2.52. The van der Waals surface area contributed by atoms with Gasteiger partial charge in [0.1, 0.15) is 5.82 Å². The molecule has 0 aliphatic carbocycles. The molecule has 4 rings (SSSR count). The maximum absolute atomic E-state index is 12.6. The number of imidazole rings is 1. The van der Waals surface area contributed by atoms with Crippen LogP contribution >= 0.6 is 0 Å². The summed E-state index contributed by atoms with van der Waals surface area (Å²) >= 11 is 0. The maximum Gasteiger partial charge on any atom is 0.255 e. The first-order valence-electron chi connectivity index (χ1n) is 7.39. The third-order valence-corrected chi connectivity index (χ3v) is 3.72. The predicted octanol–water partition coefficient (Wildman–Crippen LogP) is 2.56. The maximum atomic E-state index is 12.6. The van der Waals surface area contributed by atoms with Crippen molar-refractivity contribution in [3.63, 3.8) is 0 Å². The molecule has 2 aromatic heterocycles. The van der Waals surface area contributed by atoms with Gasteiger partial charge < -0.3 is 14.8 Å². The number of aromatic nitrogens is 3. The number of nitrogens with zero attached hydrogens (tertiary/aromatic N) is 3. The van der Waals surface area contributed by atoms with Crippen LogP contribution < -0.4 is 14.8 Å². The van der Waals surface area contributed by atoms with Crippen LogP contribution in [0.1, 0.15) is 16.2 Å². The van der Waals surface area contributed by atoms with Crippen LogP contribution in [0.3, 0.4) is 0 Å². The van der Waals surface area contributed by atoms with E-state index in [9.17, 15) is 4.79 Å². The van der Waals surface area contributed by atoms with Gasteiger partial charge in [-0.2, -0.15) is 0 Å². The zero-order valence-electron chi connectivity index (χ0n) is 12.9. The number of carbonyl (C=O) groups is 1. The summed E-state index contributed by atoms with van der Waals surface area (Å²) in [6.45, 7) is 2.05. The minimum atomic E-state index is -0.250. The minimum Gasteiger partial charge on any atom is -0.454 e. The first-order valence-corrected chi connectivity index (χ1v) is 7.39. The molecule has 120 valence electrons. The molecule has 1 aliphatic heterocycles. The average Bonchev–Trinajstić information content (AvgIpc) is 3.23. The molecule has 7 nitrogen and oxygen atoms in total. The number of rotatable bonds is 3. The summed E-state index contributed by atoms with van der Waals surface area (Å²) in [6.07, 6.45) is 5.16. The molecule has 0 saturated carbocycles. The van der Waals surface area contributed by atoms with Crippen LogP contribution in [0, 0.1) is 6.92 Å². The molecule has 1 amide bonds. The molecule has 1 N–H and O–H groups in total. The van der Waals surface area contributed by atoms with Gasteiger partial charge in [0, 0.05) is 24.2 Å². The lowest BCUT2D eigenvalue weighted by atomic mass is 10.2. The Kier molecular flexibility index (Phi) is 3.38. The number of hydrogen-bond acceptors (Lipinski definition) is 5. The molecule has 0 spiro atoms. The number of fused-ring (bicyclic) bond motifs is 1. The number of benzene rings is 1. The molecule has 3 aromatic rings. The highest BCUT2D eigenvalue weighted by atomic mass is 16.7. The predicted molar refractivity (Wildman–Crippen MR) is 86.6 cm³/mol. The van der Waals surface area contributed by atoms with Gasteiger partial charge in [-0.3, -0.25) is 9.36 Å². The Hall–Kier alpha value is -3.35. The van der Waals surface area contributed by atoms with E-state index in [1.807, 2.05) is 11.5 Å². The first kappa shape index (κ1) is 14.3. The van der Waals surface area contributed by atoms with Crippen molar-refractivity contribution in [1.82, 2.24) is 14.5 Å². The Morgan fingerprint density at radius 3 is 2.88 bits per heavy atom. The highest BCUT2D eigenvalue weighted by Gasteiger charge is 2.17. The molecule has 0 bridgehead atoms. The van der Waals surface area contributed by atoms with E-state index in [4.69, 9.17) is 9.47 Å². The van der Waals surface area contributed by atoms with Crippen molar-refractivity contribution >= 4 is 11.6 Å². The van der Waals surface area contributed by atoms with Crippen LogP contribution in [-0.2, 0) is 0 Å². The number of ether oxygens (including phenoxy) is 2. The molecule has 24 heavy (non-hydrogen) atoms. The molecule has 0 radical (unpaired) electrons. The molecular formula is C17H14N4O3. The van der Waals surface area contributed by atoms with E-state index < -0.39 is 0 Å². The Morgan fingerprint density at radius 2 is 2.04 bits per heavy atom. The smallest absolute Gasteiger partial charge is 0.255 e. The van der Waals surface area contributed by atoms with Crippen molar-refractivity contribution in [2.75, 3.05) is 12.1 Å².